The normalized spacial score (nSPS) is 11.9. The fraction of sp³-hybridized carbons (Fsp3) is 0.800. The molecule has 0 aromatic rings. The molecule has 6 heteroatoms. The van der Waals surface area contributed by atoms with Crippen molar-refractivity contribution in [3.63, 3.8) is 0 Å². The number of alkyl carbamates (subject to hydrolysis) is 1. The Morgan fingerprint density at radius 3 is 2.62 bits per heavy atom. The summed E-state index contributed by atoms with van der Waals surface area (Å²) >= 11 is 0. The Bertz CT molecular complexity index is 221. The average molecular weight is 232 g/mol. The molecule has 0 saturated carbocycles. The number of carboxylic acids is 1. The first-order chi connectivity index (χ1) is 7.61. The summed E-state index contributed by atoms with van der Waals surface area (Å²) in [5, 5.41) is 11.1. The number of nitrogens with one attached hydrogen (secondary N) is 1. The highest BCUT2D eigenvalue weighted by Gasteiger charge is 2.19. The second kappa shape index (κ2) is 8.96. The van der Waals surface area contributed by atoms with E-state index in [2.05, 4.69) is 5.32 Å². The number of aliphatic carboxylic acids is 1. The Labute approximate surface area is 95.1 Å². The third kappa shape index (κ3) is 7.05. The molecule has 1 amide bonds. The van der Waals surface area contributed by atoms with Gasteiger partial charge in [0, 0.05) is 0 Å². The van der Waals surface area contributed by atoms with Gasteiger partial charge in [0.25, 0.3) is 0 Å². The third-order valence-corrected chi connectivity index (χ3v) is 2.02. The maximum atomic E-state index is 11.2. The van der Waals surface area contributed by atoms with Crippen molar-refractivity contribution in [1.82, 2.24) is 5.32 Å². The third-order valence-electron chi connectivity index (χ3n) is 2.02. The van der Waals surface area contributed by atoms with Crippen LogP contribution in [0.15, 0.2) is 0 Å². The predicted molar refractivity (Wildman–Crippen MR) is 59.1 cm³/mol. The molecule has 16 heavy (non-hydrogen) atoms. The summed E-state index contributed by atoms with van der Waals surface area (Å²) < 4.78 is 4.80. The molecule has 0 radical (unpaired) electrons. The van der Waals surface area contributed by atoms with Crippen molar-refractivity contribution in [2.75, 3.05) is 13.2 Å². The van der Waals surface area contributed by atoms with Gasteiger partial charge in [0.15, 0.2) is 0 Å². The Morgan fingerprint density at radius 2 is 2.12 bits per heavy atom. The Balaban J connectivity index is 3.88. The monoisotopic (exact) mass is 232 g/mol. The van der Waals surface area contributed by atoms with E-state index >= 15 is 0 Å². The fourth-order valence-electron chi connectivity index (χ4n) is 1.07. The summed E-state index contributed by atoms with van der Waals surface area (Å²) in [6.45, 7) is 2.68. The lowest BCUT2D eigenvalue weighted by atomic mass is 10.1. The van der Waals surface area contributed by atoms with E-state index in [0.717, 1.165) is 12.8 Å². The predicted octanol–water partition coefficient (Wildman–Crippen LogP) is 0.705. The van der Waals surface area contributed by atoms with Gasteiger partial charge in [-0.05, 0) is 25.8 Å². The molecule has 0 aliphatic carbocycles. The van der Waals surface area contributed by atoms with Gasteiger partial charge < -0.3 is 20.9 Å². The first-order valence-corrected chi connectivity index (χ1v) is 5.48. The van der Waals surface area contributed by atoms with Crippen LogP contribution in [0.3, 0.4) is 0 Å². The highest BCUT2D eigenvalue weighted by Crippen LogP contribution is 1.98. The minimum Gasteiger partial charge on any atom is -0.480 e. The van der Waals surface area contributed by atoms with Crippen LogP contribution >= 0.6 is 0 Å². The zero-order valence-corrected chi connectivity index (χ0v) is 9.57. The van der Waals surface area contributed by atoms with Gasteiger partial charge in [-0.1, -0.05) is 13.3 Å². The largest absolute Gasteiger partial charge is 0.480 e. The summed E-state index contributed by atoms with van der Waals surface area (Å²) in [6.07, 6.45) is 1.87. The molecule has 0 fully saturated rings. The number of hydrogen-bond acceptors (Lipinski definition) is 4. The summed E-state index contributed by atoms with van der Waals surface area (Å²) in [7, 11) is 0. The lowest BCUT2D eigenvalue weighted by molar-refractivity contribution is -0.139. The van der Waals surface area contributed by atoms with Crippen molar-refractivity contribution in [2.24, 2.45) is 5.73 Å². The van der Waals surface area contributed by atoms with Gasteiger partial charge in [0.1, 0.15) is 6.04 Å². The van der Waals surface area contributed by atoms with E-state index in [9.17, 15) is 9.59 Å². The highest BCUT2D eigenvalue weighted by atomic mass is 16.5. The van der Waals surface area contributed by atoms with Crippen LogP contribution in [0.1, 0.15) is 32.6 Å². The van der Waals surface area contributed by atoms with Gasteiger partial charge in [-0.25, -0.2) is 9.59 Å². The lowest BCUT2D eigenvalue weighted by Gasteiger charge is -2.13. The second-order valence-electron chi connectivity index (χ2n) is 3.46. The van der Waals surface area contributed by atoms with E-state index in [1.54, 1.807) is 0 Å². The molecule has 4 N–H and O–H groups in total. The van der Waals surface area contributed by atoms with E-state index in [1.807, 2.05) is 6.92 Å². The summed E-state index contributed by atoms with van der Waals surface area (Å²) in [5.41, 5.74) is 5.27. The number of carbonyl (C=O) groups is 2. The van der Waals surface area contributed by atoms with E-state index in [4.69, 9.17) is 15.6 Å². The molecule has 0 aromatic heterocycles. The van der Waals surface area contributed by atoms with Crippen LogP contribution in [0.5, 0.6) is 0 Å². The van der Waals surface area contributed by atoms with Gasteiger partial charge in [-0.3, -0.25) is 0 Å². The maximum Gasteiger partial charge on any atom is 0.407 e. The van der Waals surface area contributed by atoms with Crippen molar-refractivity contribution in [3.05, 3.63) is 0 Å². The number of rotatable bonds is 8. The fourth-order valence-corrected chi connectivity index (χ4v) is 1.07. The summed E-state index contributed by atoms with van der Waals surface area (Å²) in [5.74, 6) is -1.07. The van der Waals surface area contributed by atoms with Crippen molar-refractivity contribution in [3.8, 4) is 0 Å². The van der Waals surface area contributed by atoms with E-state index in [0.29, 0.717) is 26.0 Å². The minimum absolute atomic E-state index is 0.311. The van der Waals surface area contributed by atoms with E-state index in [-0.39, 0.29) is 0 Å². The molecule has 0 aromatic carbocycles. The number of unbranched alkanes of at least 4 members (excludes halogenated alkanes) is 1. The molecule has 0 bridgehead atoms. The number of amides is 1. The van der Waals surface area contributed by atoms with Crippen LogP contribution in [-0.4, -0.2) is 36.4 Å². The zero-order valence-electron chi connectivity index (χ0n) is 9.57. The van der Waals surface area contributed by atoms with Crippen LogP contribution in [0, 0.1) is 0 Å². The van der Waals surface area contributed by atoms with E-state index < -0.39 is 18.1 Å². The van der Waals surface area contributed by atoms with Gasteiger partial charge in [-0.2, -0.15) is 0 Å². The number of nitrogens with two attached hydrogens (primary N) is 1. The van der Waals surface area contributed by atoms with Crippen LogP contribution in [0.4, 0.5) is 4.79 Å². The Kier molecular flexibility index (Phi) is 8.24. The maximum absolute atomic E-state index is 11.2. The number of carbonyl (C=O) groups excluding carboxylic acids is 1. The van der Waals surface area contributed by atoms with Gasteiger partial charge in [0.05, 0.1) is 6.61 Å². The van der Waals surface area contributed by atoms with Crippen molar-refractivity contribution in [1.29, 1.82) is 0 Å². The molecule has 0 heterocycles. The van der Waals surface area contributed by atoms with Crippen LogP contribution < -0.4 is 11.1 Å². The molecule has 1 atom stereocenters. The molecular weight excluding hydrogens is 212 g/mol. The average Bonchev–Trinajstić information content (AvgIpc) is 2.24. The smallest absolute Gasteiger partial charge is 0.407 e. The zero-order chi connectivity index (χ0) is 12.4. The summed E-state index contributed by atoms with van der Waals surface area (Å²) in [6, 6.07) is -0.919. The first kappa shape index (κ1) is 14.7. The molecular formula is C10H20N2O4. The van der Waals surface area contributed by atoms with Crippen molar-refractivity contribution in [2.45, 2.75) is 38.6 Å². The van der Waals surface area contributed by atoms with E-state index in [1.165, 1.54) is 0 Å². The van der Waals surface area contributed by atoms with Gasteiger partial charge >= 0.3 is 12.1 Å². The molecule has 0 saturated heterocycles. The minimum atomic E-state index is -1.07. The lowest BCUT2D eigenvalue weighted by Crippen LogP contribution is -2.41. The molecule has 0 spiro atoms. The summed E-state index contributed by atoms with van der Waals surface area (Å²) in [4.78, 5) is 21.9. The number of ether oxygens (including phenoxy) is 1. The molecule has 6 nitrogen and oxygen atoms in total. The van der Waals surface area contributed by atoms with Crippen molar-refractivity contribution < 1.29 is 19.4 Å². The Morgan fingerprint density at radius 1 is 1.44 bits per heavy atom. The van der Waals surface area contributed by atoms with Gasteiger partial charge in [-0.15, -0.1) is 0 Å². The Hall–Kier alpha value is -1.30. The first-order valence-electron chi connectivity index (χ1n) is 5.48. The molecule has 0 rings (SSSR count). The van der Waals surface area contributed by atoms with Crippen LogP contribution in [0.2, 0.25) is 0 Å². The number of hydrogen-bond donors (Lipinski definition) is 3. The quantitative estimate of drug-likeness (QED) is 0.535. The molecule has 0 unspecified atom stereocenters. The van der Waals surface area contributed by atoms with Crippen LogP contribution in [-0.2, 0) is 9.53 Å². The molecule has 0 aliphatic heterocycles. The van der Waals surface area contributed by atoms with Gasteiger partial charge in [0.2, 0.25) is 0 Å². The molecule has 94 valence electrons. The SMILES string of the molecule is CCCCOC(=O)N[C@H](CCCN)C(=O)O. The second-order valence-corrected chi connectivity index (χ2v) is 3.46. The van der Waals surface area contributed by atoms with Crippen LogP contribution in [0.25, 0.3) is 0 Å². The highest BCUT2D eigenvalue weighted by molar-refractivity contribution is 5.79. The number of carboxylic acid groups (broad SMARTS) is 1. The van der Waals surface area contributed by atoms with Crippen molar-refractivity contribution >= 4 is 12.1 Å². The topological polar surface area (TPSA) is 102 Å². The standard InChI is InChI=1S/C10H20N2O4/c1-2-3-7-16-10(15)12-8(9(13)14)5-4-6-11/h8H,2-7,11H2,1H3,(H,12,15)(H,13,14)/t8-/m1/s1. The molecule has 0 aliphatic rings.